The van der Waals surface area contributed by atoms with Crippen molar-refractivity contribution in [1.29, 1.82) is 0 Å². The molecule has 5 heteroatoms. The number of aromatic nitrogens is 2. The molecule has 1 N–H and O–H groups in total. The molecule has 0 atom stereocenters. The third-order valence-electron chi connectivity index (χ3n) is 4.32. The third-order valence-corrected chi connectivity index (χ3v) is 4.32. The molecule has 1 heterocycles. The molecular weight excluding hydrogens is 319 g/mol. The highest BCUT2D eigenvalue weighted by atomic mass is 19.1. The van der Waals surface area contributed by atoms with Crippen LogP contribution in [0.3, 0.4) is 0 Å². The molecule has 0 aliphatic carbocycles. The van der Waals surface area contributed by atoms with Crippen LogP contribution in [0, 0.1) is 19.7 Å². The summed E-state index contributed by atoms with van der Waals surface area (Å²) in [6.45, 7) is 3.92. The number of benzene rings is 2. The quantitative estimate of drug-likeness (QED) is 0.790. The average Bonchev–Trinajstić information content (AvgIpc) is 2.61. The predicted molar refractivity (Wildman–Crippen MR) is 95.2 cm³/mol. The van der Waals surface area contributed by atoms with Crippen LogP contribution >= 0.6 is 0 Å². The SMILES string of the molecule is Cc1nc(-c2ccccc2O)n(CCc2ccc(F)cc2)c(=O)c1C. The van der Waals surface area contributed by atoms with E-state index in [0.717, 1.165) is 5.56 Å². The molecule has 3 rings (SSSR count). The standard InChI is InChI=1S/C20H19FN2O2/c1-13-14(2)22-19(17-5-3-4-6-18(17)24)23(20(13)25)12-11-15-7-9-16(21)10-8-15/h3-10,24H,11-12H2,1-2H3. The van der Waals surface area contributed by atoms with Crippen molar-refractivity contribution >= 4 is 0 Å². The van der Waals surface area contributed by atoms with E-state index >= 15 is 0 Å². The molecule has 0 aliphatic rings. The first-order valence-electron chi connectivity index (χ1n) is 8.08. The van der Waals surface area contributed by atoms with Gasteiger partial charge < -0.3 is 5.11 Å². The largest absolute Gasteiger partial charge is 0.507 e. The lowest BCUT2D eigenvalue weighted by molar-refractivity contribution is 0.476. The van der Waals surface area contributed by atoms with Gasteiger partial charge in [0.15, 0.2) is 0 Å². The Kier molecular flexibility index (Phi) is 4.65. The highest BCUT2D eigenvalue weighted by Crippen LogP contribution is 2.27. The number of hydrogen-bond acceptors (Lipinski definition) is 3. The van der Waals surface area contributed by atoms with E-state index in [0.29, 0.717) is 35.6 Å². The molecule has 4 nitrogen and oxygen atoms in total. The van der Waals surface area contributed by atoms with Gasteiger partial charge in [-0.2, -0.15) is 0 Å². The van der Waals surface area contributed by atoms with Crippen LogP contribution in [0.25, 0.3) is 11.4 Å². The van der Waals surface area contributed by atoms with E-state index in [1.54, 1.807) is 54.8 Å². The first-order chi connectivity index (χ1) is 12.0. The van der Waals surface area contributed by atoms with Gasteiger partial charge >= 0.3 is 0 Å². The maximum atomic E-state index is 13.0. The van der Waals surface area contributed by atoms with Gasteiger partial charge in [0.2, 0.25) is 0 Å². The highest BCUT2D eigenvalue weighted by Gasteiger charge is 2.15. The predicted octanol–water partition coefficient (Wildman–Crippen LogP) is 3.61. The summed E-state index contributed by atoms with van der Waals surface area (Å²) in [5, 5.41) is 10.2. The van der Waals surface area contributed by atoms with E-state index in [9.17, 15) is 14.3 Å². The molecule has 0 aliphatic heterocycles. The summed E-state index contributed by atoms with van der Waals surface area (Å²) in [6, 6.07) is 13.0. The molecule has 0 saturated carbocycles. The zero-order valence-corrected chi connectivity index (χ0v) is 14.2. The minimum atomic E-state index is -0.288. The number of halogens is 1. The van der Waals surface area contributed by atoms with E-state index in [2.05, 4.69) is 4.98 Å². The lowest BCUT2D eigenvalue weighted by Gasteiger charge is -2.15. The third kappa shape index (κ3) is 3.45. The monoisotopic (exact) mass is 338 g/mol. The van der Waals surface area contributed by atoms with Crippen molar-refractivity contribution in [1.82, 2.24) is 9.55 Å². The van der Waals surface area contributed by atoms with E-state index in [1.807, 2.05) is 0 Å². The Morgan fingerprint density at radius 1 is 1.08 bits per heavy atom. The molecule has 2 aromatic carbocycles. The van der Waals surface area contributed by atoms with Crippen molar-refractivity contribution < 1.29 is 9.50 Å². The fraction of sp³-hybridized carbons (Fsp3) is 0.200. The Hall–Kier alpha value is -2.95. The molecule has 3 aromatic rings. The zero-order chi connectivity index (χ0) is 18.0. The number of phenols is 1. The molecule has 25 heavy (non-hydrogen) atoms. The van der Waals surface area contributed by atoms with Crippen LogP contribution in [0.1, 0.15) is 16.8 Å². The second-order valence-corrected chi connectivity index (χ2v) is 6.00. The average molecular weight is 338 g/mol. The van der Waals surface area contributed by atoms with Crippen molar-refractivity contribution in [2.24, 2.45) is 0 Å². The van der Waals surface area contributed by atoms with Gasteiger partial charge in [-0.1, -0.05) is 24.3 Å². The van der Waals surface area contributed by atoms with E-state index < -0.39 is 0 Å². The van der Waals surface area contributed by atoms with Crippen molar-refractivity contribution in [3.8, 4) is 17.1 Å². The summed E-state index contributed by atoms with van der Waals surface area (Å²) in [4.78, 5) is 17.3. The minimum Gasteiger partial charge on any atom is -0.507 e. The molecular formula is C20H19FN2O2. The summed E-state index contributed by atoms with van der Waals surface area (Å²) in [7, 11) is 0. The normalized spacial score (nSPS) is 10.8. The number of aromatic hydroxyl groups is 1. The zero-order valence-electron chi connectivity index (χ0n) is 14.2. The summed E-state index contributed by atoms with van der Waals surface area (Å²) in [5.41, 5.74) is 2.53. The van der Waals surface area contributed by atoms with E-state index in [-0.39, 0.29) is 17.1 Å². The highest BCUT2D eigenvalue weighted by molar-refractivity contribution is 5.64. The van der Waals surface area contributed by atoms with Gasteiger partial charge in [0.25, 0.3) is 5.56 Å². The molecule has 0 unspecified atom stereocenters. The molecule has 0 spiro atoms. The maximum absolute atomic E-state index is 13.0. The van der Waals surface area contributed by atoms with Crippen LogP contribution in [0.15, 0.2) is 53.3 Å². The van der Waals surface area contributed by atoms with Crippen LogP contribution in [-0.2, 0) is 13.0 Å². The van der Waals surface area contributed by atoms with E-state index in [1.165, 1.54) is 12.1 Å². The molecule has 0 radical (unpaired) electrons. The van der Waals surface area contributed by atoms with Crippen LogP contribution in [-0.4, -0.2) is 14.7 Å². The number of para-hydroxylation sites is 1. The second kappa shape index (κ2) is 6.89. The molecule has 0 fully saturated rings. The Morgan fingerprint density at radius 3 is 2.44 bits per heavy atom. The molecule has 128 valence electrons. The number of phenolic OH excluding ortho intramolecular Hbond substituents is 1. The van der Waals surface area contributed by atoms with Gasteiger partial charge in [-0.3, -0.25) is 9.36 Å². The van der Waals surface area contributed by atoms with Gasteiger partial charge in [-0.15, -0.1) is 0 Å². The first-order valence-corrected chi connectivity index (χ1v) is 8.08. The summed E-state index contributed by atoms with van der Waals surface area (Å²) >= 11 is 0. The molecule has 1 aromatic heterocycles. The van der Waals surface area contributed by atoms with Crippen molar-refractivity contribution in [2.75, 3.05) is 0 Å². The second-order valence-electron chi connectivity index (χ2n) is 6.00. The number of hydrogen-bond donors (Lipinski definition) is 1. The van der Waals surface area contributed by atoms with Gasteiger partial charge in [-0.05, 0) is 50.1 Å². The Balaban J connectivity index is 2.05. The fourth-order valence-corrected chi connectivity index (χ4v) is 2.72. The summed E-state index contributed by atoms with van der Waals surface area (Å²) in [6.07, 6.45) is 0.560. The van der Waals surface area contributed by atoms with Crippen molar-refractivity contribution in [3.05, 3.63) is 81.5 Å². The Labute approximate surface area is 145 Å². The Bertz CT molecular complexity index is 962. The van der Waals surface area contributed by atoms with Crippen LogP contribution in [0.5, 0.6) is 5.75 Å². The summed E-state index contributed by atoms with van der Waals surface area (Å²) in [5.74, 6) is 0.227. The molecule has 0 amide bonds. The number of rotatable bonds is 4. The van der Waals surface area contributed by atoms with Gasteiger partial charge in [0.05, 0.1) is 5.56 Å². The number of aryl methyl sites for hydroxylation is 2. The van der Waals surface area contributed by atoms with Crippen molar-refractivity contribution in [2.45, 2.75) is 26.8 Å². The summed E-state index contributed by atoms with van der Waals surface area (Å²) < 4.78 is 14.6. The van der Waals surface area contributed by atoms with Crippen LogP contribution < -0.4 is 5.56 Å². The van der Waals surface area contributed by atoms with Crippen LogP contribution in [0.4, 0.5) is 4.39 Å². The first kappa shape index (κ1) is 16.9. The minimum absolute atomic E-state index is 0.0770. The van der Waals surface area contributed by atoms with Crippen molar-refractivity contribution in [3.63, 3.8) is 0 Å². The molecule has 0 saturated heterocycles. The Morgan fingerprint density at radius 2 is 1.76 bits per heavy atom. The fourth-order valence-electron chi connectivity index (χ4n) is 2.72. The lowest BCUT2D eigenvalue weighted by Crippen LogP contribution is -2.27. The maximum Gasteiger partial charge on any atom is 0.256 e. The topological polar surface area (TPSA) is 55.1 Å². The van der Waals surface area contributed by atoms with Crippen LogP contribution in [0.2, 0.25) is 0 Å². The molecule has 0 bridgehead atoms. The number of nitrogens with zero attached hydrogens (tertiary/aromatic N) is 2. The van der Waals surface area contributed by atoms with Gasteiger partial charge in [0.1, 0.15) is 17.4 Å². The van der Waals surface area contributed by atoms with E-state index in [4.69, 9.17) is 0 Å². The smallest absolute Gasteiger partial charge is 0.256 e. The lowest BCUT2D eigenvalue weighted by atomic mass is 10.1. The van der Waals surface area contributed by atoms with Gasteiger partial charge in [0, 0.05) is 17.8 Å². The van der Waals surface area contributed by atoms with Gasteiger partial charge in [-0.25, -0.2) is 9.37 Å².